The van der Waals surface area contributed by atoms with Gasteiger partial charge in [-0.15, -0.1) is 0 Å². The molecule has 0 bridgehead atoms. The van der Waals surface area contributed by atoms with E-state index in [1.54, 1.807) is 16.8 Å². The predicted octanol–water partition coefficient (Wildman–Crippen LogP) is -1.19. The molecule has 6 heteroatoms. The van der Waals surface area contributed by atoms with E-state index in [0.29, 0.717) is 19.6 Å². The molecule has 0 aromatic rings. The SMILES string of the molecule is CN1CCCN(C(=O)C2CNC(=O)C2)CC1=O. The summed E-state index contributed by atoms with van der Waals surface area (Å²) in [5.74, 6) is -0.486. The number of amides is 3. The number of hydrogen-bond acceptors (Lipinski definition) is 3. The molecule has 0 spiro atoms. The molecule has 2 rings (SSSR count). The van der Waals surface area contributed by atoms with Crippen LogP contribution in [0.4, 0.5) is 0 Å². The van der Waals surface area contributed by atoms with E-state index in [4.69, 9.17) is 0 Å². The molecular formula is C11H17N3O3. The highest BCUT2D eigenvalue weighted by molar-refractivity contribution is 5.91. The van der Waals surface area contributed by atoms with Crippen molar-refractivity contribution in [2.24, 2.45) is 5.92 Å². The molecule has 0 aliphatic carbocycles. The van der Waals surface area contributed by atoms with E-state index in [1.807, 2.05) is 0 Å². The lowest BCUT2D eigenvalue weighted by molar-refractivity contribution is -0.140. The molecule has 0 saturated carbocycles. The zero-order valence-corrected chi connectivity index (χ0v) is 9.94. The Morgan fingerprint density at radius 3 is 2.76 bits per heavy atom. The van der Waals surface area contributed by atoms with Crippen LogP contribution in [0.1, 0.15) is 12.8 Å². The molecule has 2 heterocycles. The van der Waals surface area contributed by atoms with Gasteiger partial charge in [0, 0.05) is 33.1 Å². The van der Waals surface area contributed by atoms with Crippen LogP contribution in [-0.4, -0.2) is 60.7 Å². The fourth-order valence-corrected chi connectivity index (χ4v) is 2.21. The normalized spacial score (nSPS) is 25.8. The highest BCUT2D eigenvalue weighted by atomic mass is 16.2. The van der Waals surface area contributed by atoms with E-state index in [1.165, 1.54) is 0 Å². The fourth-order valence-electron chi connectivity index (χ4n) is 2.21. The maximum Gasteiger partial charge on any atom is 0.241 e. The van der Waals surface area contributed by atoms with Gasteiger partial charge >= 0.3 is 0 Å². The van der Waals surface area contributed by atoms with Gasteiger partial charge in [0.2, 0.25) is 17.7 Å². The molecule has 0 radical (unpaired) electrons. The number of rotatable bonds is 1. The third kappa shape index (κ3) is 2.57. The maximum atomic E-state index is 12.1. The summed E-state index contributed by atoms with van der Waals surface area (Å²) >= 11 is 0. The van der Waals surface area contributed by atoms with E-state index >= 15 is 0 Å². The lowest BCUT2D eigenvalue weighted by Gasteiger charge is -2.22. The van der Waals surface area contributed by atoms with Crippen LogP contribution in [0.25, 0.3) is 0 Å². The quantitative estimate of drug-likeness (QED) is 0.626. The van der Waals surface area contributed by atoms with Gasteiger partial charge in [-0.3, -0.25) is 14.4 Å². The van der Waals surface area contributed by atoms with Crippen LogP contribution < -0.4 is 5.32 Å². The standard InChI is InChI=1S/C11H17N3O3/c1-13-3-2-4-14(7-10(13)16)11(17)8-5-9(15)12-6-8/h8H,2-7H2,1H3,(H,12,15). The maximum absolute atomic E-state index is 12.1. The molecule has 1 N–H and O–H groups in total. The van der Waals surface area contributed by atoms with Crippen molar-refractivity contribution in [2.75, 3.05) is 33.2 Å². The van der Waals surface area contributed by atoms with Crippen LogP contribution in [0, 0.1) is 5.92 Å². The number of carbonyl (C=O) groups is 3. The van der Waals surface area contributed by atoms with Crippen molar-refractivity contribution in [2.45, 2.75) is 12.8 Å². The van der Waals surface area contributed by atoms with Gasteiger partial charge in [0.25, 0.3) is 0 Å². The van der Waals surface area contributed by atoms with E-state index < -0.39 is 0 Å². The van der Waals surface area contributed by atoms with Crippen LogP contribution in [-0.2, 0) is 14.4 Å². The van der Waals surface area contributed by atoms with Gasteiger partial charge in [0.1, 0.15) is 0 Å². The monoisotopic (exact) mass is 239 g/mol. The lowest BCUT2D eigenvalue weighted by Crippen LogP contribution is -2.41. The Balaban J connectivity index is 1.99. The largest absolute Gasteiger partial charge is 0.355 e. The van der Waals surface area contributed by atoms with Crippen LogP contribution in [0.3, 0.4) is 0 Å². The Morgan fingerprint density at radius 1 is 1.35 bits per heavy atom. The zero-order chi connectivity index (χ0) is 12.4. The number of nitrogens with zero attached hydrogens (tertiary/aromatic N) is 2. The number of likely N-dealkylation sites (N-methyl/N-ethyl adjacent to an activating group) is 1. The Labute approximate surface area is 99.9 Å². The molecule has 2 fully saturated rings. The number of nitrogens with one attached hydrogen (secondary N) is 1. The van der Waals surface area contributed by atoms with Crippen molar-refractivity contribution in [1.82, 2.24) is 15.1 Å². The van der Waals surface area contributed by atoms with Crippen LogP contribution >= 0.6 is 0 Å². The van der Waals surface area contributed by atoms with Crippen molar-refractivity contribution in [3.05, 3.63) is 0 Å². The van der Waals surface area contributed by atoms with Crippen molar-refractivity contribution in [3.63, 3.8) is 0 Å². The first-order valence-electron chi connectivity index (χ1n) is 5.87. The first-order chi connectivity index (χ1) is 8.08. The zero-order valence-electron chi connectivity index (χ0n) is 9.94. The number of hydrogen-bond donors (Lipinski definition) is 1. The summed E-state index contributed by atoms with van der Waals surface area (Å²) in [6.45, 7) is 1.82. The summed E-state index contributed by atoms with van der Waals surface area (Å²) in [4.78, 5) is 38.1. The fraction of sp³-hybridized carbons (Fsp3) is 0.727. The molecular weight excluding hydrogens is 222 g/mol. The van der Waals surface area contributed by atoms with E-state index in [9.17, 15) is 14.4 Å². The Bertz CT molecular complexity index is 356. The smallest absolute Gasteiger partial charge is 0.241 e. The molecule has 1 atom stereocenters. The first-order valence-corrected chi connectivity index (χ1v) is 5.87. The van der Waals surface area contributed by atoms with Crippen molar-refractivity contribution in [1.29, 1.82) is 0 Å². The van der Waals surface area contributed by atoms with Crippen LogP contribution in [0.2, 0.25) is 0 Å². The molecule has 2 aliphatic heterocycles. The molecule has 1 unspecified atom stereocenters. The third-order valence-corrected chi connectivity index (χ3v) is 3.31. The van der Waals surface area contributed by atoms with Gasteiger partial charge in [-0.05, 0) is 6.42 Å². The van der Waals surface area contributed by atoms with E-state index in [0.717, 1.165) is 6.42 Å². The summed E-state index contributed by atoms with van der Waals surface area (Å²) in [5.41, 5.74) is 0. The van der Waals surface area contributed by atoms with Crippen LogP contribution in [0.5, 0.6) is 0 Å². The van der Waals surface area contributed by atoms with E-state index in [-0.39, 0.29) is 36.6 Å². The molecule has 2 aliphatic rings. The Kier molecular flexibility index (Phi) is 3.31. The highest BCUT2D eigenvalue weighted by Gasteiger charge is 2.33. The Hall–Kier alpha value is -1.59. The molecule has 6 nitrogen and oxygen atoms in total. The minimum Gasteiger partial charge on any atom is -0.355 e. The summed E-state index contributed by atoms with van der Waals surface area (Å²) < 4.78 is 0. The van der Waals surface area contributed by atoms with Gasteiger partial charge in [-0.25, -0.2) is 0 Å². The van der Waals surface area contributed by atoms with Crippen molar-refractivity contribution in [3.8, 4) is 0 Å². The summed E-state index contributed by atoms with van der Waals surface area (Å²) in [6, 6.07) is 0. The third-order valence-electron chi connectivity index (χ3n) is 3.31. The lowest BCUT2D eigenvalue weighted by atomic mass is 10.1. The second-order valence-electron chi connectivity index (χ2n) is 4.63. The number of carbonyl (C=O) groups excluding carboxylic acids is 3. The summed E-state index contributed by atoms with van der Waals surface area (Å²) in [6.07, 6.45) is 1.04. The molecule has 0 aromatic carbocycles. The average Bonchev–Trinajstić information content (AvgIpc) is 2.65. The summed E-state index contributed by atoms with van der Waals surface area (Å²) in [7, 11) is 1.75. The topological polar surface area (TPSA) is 69.7 Å². The molecule has 3 amide bonds. The van der Waals surface area contributed by atoms with Gasteiger partial charge in [0.15, 0.2) is 0 Å². The van der Waals surface area contributed by atoms with Crippen molar-refractivity contribution >= 4 is 17.7 Å². The van der Waals surface area contributed by atoms with Gasteiger partial charge in [-0.2, -0.15) is 0 Å². The van der Waals surface area contributed by atoms with Gasteiger partial charge in [0.05, 0.1) is 12.5 Å². The molecule has 17 heavy (non-hydrogen) atoms. The highest BCUT2D eigenvalue weighted by Crippen LogP contribution is 2.14. The molecule has 94 valence electrons. The van der Waals surface area contributed by atoms with Gasteiger partial charge in [-0.1, -0.05) is 0 Å². The molecule has 2 saturated heterocycles. The Morgan fingerprint density at radius 2 is 2.12 bits per heavy atom. The second-order valence-corrected chi connectivity index (χ2v) is 4.63. The van der Waals surface area contributed by atoms with E-state index in [2.05, 4.69) is 5.32 Å². The van der Waals surface area contributed by atoms with Crippen molar-refractivity contribution < 1.29 is 14.4 Å². The second kappa shape index (κ2) is 4.73. The van der Waals surface area contributed by atoms with Crippen LogP contribution in [0.15, 0.2) is 0 Å². The molecule has 0 aromatic heterocycles. The average molecular weight is 239 g/mol. The predicted molar refractivity (Wildman–Crippen MR) is 60.0 cm³/mol. The summed E-state index contributed by atoms with van der Waals surface area (Å²) in [5, 5.41) is 2.64. The first kappa shape index (κ1) is 11.9. The minimum absolute atomic E-state index is 0.0341. The van der Waals surface area contributed by atoms with Gasteiger partial charge < -0.3 is 15.1 Å². The minimum atomic E-state index is -0.293.